The van der Waals surface area contributed by atoms with Crippen molar-refractivity contribution in [1.82, 2.24) is 4.98 Å². The van der Waals surface area contributed by atoms with E-state index in [0.29, 0.717) is 12.3 Å². The molecule has 0 aromatic carbocycles. The number of pyridine rings is 1. The molecule has 0 aliphatic carbocycles. The first-order chi connectivity index (χ1) is 6.16. The van der Waals surface area contributed by atoms with Crippen molar-refractivity contribution >= 4 is 5.69 Å². The van der Waals surface area contributed by atoms with E-state index in [-0.39, 0.29) is 11.4 Å². The van der Waals surface area contributed by atoms with E-state index in [4.69, 9.17) is 4.74 Å². The molecule has 0 radical (unpaired) electrons. The number of nitro groups is 1. The van der Waals surface area contributed by atoms with Crippen LogP contribution in [0.25, 0.3) is 0 Å². The summed E-state index contributed by atoms with van der Waals surface area (Å²) in [5.74, 6) is 0.259. The lowest BCUT2D eigenvalue weighted by Crippen LogP contribution is -2.00. The molecule has 0 amide bonds. The summed E-state index contributed by atoms with van der Waals surface area (Å²) in [6, 6.07) is 1.33. The van der Waals surface area contributed by atoms with E-state index >= 15 is 0 Å². The van der Waals surface area contributed by atoms with Crippen molar-refractivity contribution in [3.8, 4) is 5.75 Å². The van der Waals surface area contributed by atoms with Gasteiger partial charge < -0.3 is 4.74 Å². The van der Waals surface area contributed by atoms with E-state index < -0.39 is 4.92 Å². The van der Waals surface area contributed by atoms with Crippen LogP contribution in [0.2, 0.25) is 0 Å². The van der Waals surface area contributed by atoms with Crippen LogP contribution in [-0.2, 0) is 0 Å². The molecule has 0 atom stereocenters. The van der Waals surface area contributed by atoms with Crippen molar-refractivity contribution in [2.24, 2.45) is 0 Å². The Morgan fingerprint density at radius 2 is 2.38 bits per heavy atom. The minimum absolute atomic E-state index is 0.0330. The van der Waals surface area contributed by atoms with E-state index in [1.165, 1.54) is 12.3 Å². The minimum Gasteiger partial charge on any atom is -0.486 e. The molecule has 1 rings (SSSR count). The largest absolute Gasteiger partial charge is 0.486 e. The van der Waals surface area contributed by atoms with Crippen molar-refractivity contribution in [2.45, 2.75) is 13.8 Å². The van der Waals surface area contributed by atoms with Crippen LogP contribution >= 0.6 is 0 Å². The highest BCUT2D eigenvalue weighted by Gasteiger charge is 2.16. The monoisotopic (exact) mass is 182 g/mol. The third-order valence-corrected chi connectivity index (χ3v) is 1.55. The molecule has 0 aliphatic heterocycles. The third kappa shape index (κ3) is 1.93. The molecule has 0 spiro atoms. The van der Waals surface area contributed by atoms with Crippen molar-refractivity contribution < 1.29 is 9.66 Å². The zero-order valence-corrected chi connectivity index (χ0v) is 7.48. The van der Waals surface area contributed by atoms with Crippen molar-refractivity contribution in [2.75, 3.05) is 6.61 Å². The molecule has 0 saturated heterocycles. The maximum atomic E-state index is 10.5. The quantitative estimate of drug-likeness (QED) is 0.527. The molecule has 0 saturated carbocycles. The van der Waals surface area contributed by atoms with Gasteiger partial charge in [-0.3, -0.25) is 15.1 Å². The topological polar surface area (TPSA) is 65.3 Å². The number of hydrogen-bond donors (Lipinski definition) is 0. The van der Waals surface area contributed by atoms with Gasteiger partial charge in [-0.25, -0.2) is 0 Å². The third-order valence-electron chi connectivity index (χ3n) is 1.55. The second kappa shape index (κ2) is 3.84. The van der Waals surface area contributed by atoms with E-state index in [1.807, 2.05) is 0 Å². The number of nitrogens with zero attached hydrogens (tertiary/aromatic N) is 2. The first kappa shape index (κ1) is 9.44. The number of aromatic nitrogens is 1. The summed E-state index contributed by atoms with van der Waals surface area (Å²) in [5, 5.41) is 10.5. The van der Waals surface area contributed by atoms with Crippen LogP contribution in [0.4, 0.5) is 5.69 Å². The average molecular weight is 182 g/mol. The Balaban J connectivity index is 3.17. The van der Waals surface area contributed by atoms with Crippen molar-refractivity contribution in [3.05, 3.63) is 28.1 Å². The van der Waals surface area contributed by atoms with Gasteiger partial charge in [0.15, 0.2) is 0 Å². The lowest BCUT2D eigenvalue weighted by atomic mass is 10.3. The van der Waals surface area contributed by atoms with Gasteiger partial charge in [-0.1, -0.05) is 0 Å². The smallest absolute Gasteiger partial charge is 0.314 e. The summed E-state index contributed by atoms with van der Waals surface area (Å²) in [5.41, 5.74) is 0.505. The van der Waals surface area contributed by atoms with Gasteiger partial charge in [0, 0.05) is 12.3 Å². The highest BCUT2D eigenvalue weighted by atomic mass is 16.6. The highest BCUT2D eigenvalue weighted by Crippen LogP contribution is 2.28. The number of ether oxygens (including phenoxy) is 1. The SMILES string of the molecule is CCOc1c([N+](=O)[O-])ccnc1C. The Labute approximate surface area is 75.5 Å². The number of aryl methyl sites for hydroxylation is 1. The van der Waals surface area contributed by atoms with Gasteiger partial charge >= 0.3 is 5.69 Å². The van der Waals surface area contributed by atoms with E-state index in [0.717, 1.165) is 0 Å². The summed E-state index contributed by atoms with van der Waals surface area (Å²) >= 11 is 0. The summed E-state index contributed by atoms with van der Waals surface area (Å²) in [4.78, 5) is 14.0. The Kier molecular flexibility index (Phi) is 2.79. The second-order valence-corrected chi connectivity index (χ2v) is 2.43. The van der Waals surface area contributed by atoms with Gasteiger partial charge in [0.05, 0.1) is 17.2 Å². The maximum Gasteiger partial charge on any atom is 0.314 e. The molecule has 1 aromatic rings. The molecular formula is C8H10N2O3. The average Bonchev–Trinajstić information content (AvgIpc) is 2.08. The Morgan fingerprint density at radius 1 is 1.69 bits per heavy atom. The normalized spacial score (nSPS) is 9.69. The van der Waals surface area contributed by atoms with Gasteiger partial charge in [0.25, 0.3) is 0 Å². The fraction of sp³-hybridized carbons (Fsp3) is 0.375. The van der Waals surface area contributed by atoms with Crippen LogP contribution in [0.1, 0.15) is 12.6 Å². The summed E-state index contributed by atoms with van der Waals surface area (Å²) in [7, 11) is 0. The molecule has 70 valence electrons. The van der Waals surface area contributed by atoms with Crippen LogP contribution in [0.5, 0.6) is 5.75 Å². The van der Waals surface area contributed by atoms with Crippen LogP contribution in [0.15, 0.2) is 12.3 Å². The molecule has 0 bridgehead atoms. The highest BCUT2D eigenvalue weighted by molar-refractivity contribution is 5.47. The summed E-state index contributed by atoms with van der Waals surface area (Å²) in [6.45, 7) is 3.85. The Hall–Kier alpha value is -1.65. The predicted octanol–water partition coefficient (Wildman–Crippen LogP) is 1.70. The summed E-state index contributed by atoms with van der Waals surface area (Å²) in [6.07, 6.45) is 1.40. The van der Waals surface area contributed by atoms with Crippen LogP contribution < -0.4 is 4.74 Å². The lowest BCUT2D eigenvalue weighted by Gasteiger charge is -2.05. The standard InChI is InChI=1S/C8H10N2O3/c1-3-13-8-6(2)9-5-4-7(8)10(11)12/h4-5H,3H2,1-2H3. The van der Waals surface area contributed by atoms with Crippen LogP contribution in [0.3, 0.4) is 0 Å². The maximum absolute atomic E-state index is 10.5. The molecule has 0 aliphatic rings. The summed E-state index contributed by atoms with van der Waals surface area (Å²) < 4.78 is 5.12. The van der Waals surface area contributed by atoms with Gasteiger partial charge in [-0.15, -0.1) is 0 Å². The van der Waals surface area contributed by atoms with E-state index in [1.54, 1.807) is 13.8 Å². The second-order valence-electron chi connectivity index (χ2n) is 2.43. The van der Waals surface area contributed by atoms with Gasteiger partial charge in [-0.2, -0.15) is 0 Å². The fourth-order valence-electron chi connectivity index (χ4n) is 1.01. The van der Waals surface area contributed by atoms with Crippen molar-refractivity contribution in [1.29, 1.82) is 0 Å². The van der Waals surface area contributed by atoms with E-state index in [9.17, 15) is 10.1 Å². The fourth-order valence-corrected chi connectivity index (χ4v) is 1.01. The van der Waals surface area contributed by atoms with Gasteiger partial charge in [-0.05, 0) is 13.8 Å². The van der Waals surface area contributed by atoms with Crippen LogP contribution in [-0.4, -0.2) is 16.5 Å². The molecule has 5 heteroatoms. The minimum atomic E-state index is -0.473. The molecule has 0 fully saturated rings. The first-order valence-electron chi connectivity index (χ1n) is 3.89. The molecule has 0 unspecified atom stereocenters. The molecule has 1 heterocycles. The molecule has 5 nitrogen and oxygen atoms in total. The Morgan fingerprint density at radius 3 is 2.92 bits per heavy atom. The van der Waals surface area contributed by atoms with Gasteiger partial charge in [0.1, 0.15) is 0 Å². The first-order valence-corrected chi connectivity index (χ1v) is 3.89. The number of hydrogen-bond acceptors (Lipinski definition) is 4. The number of rotatable bonds is 3. The van der Waals surface area contributed by atoms with E-state index in [2.05, 4.69) is 4.98 Å². The lowest BCUT2D eigenvalue weighted by molar-refractivity contribution is -0.386. The zero-order chi connectivity index (χ0) is 9.84. The molecular weight excluding hydrogens is 172 g/mol. The predicted molar refractivity (Wildman–Crippen MR) is 46.8 cm³/mol. The van der Waals surface area contributed by atoms with Crippen LogP contribution in [0, 0.1) is 17.0 Å². The molecule has 1 aromatic heterocycles. The molecule has 0 N–H and O–H groups in total. The zero-order valence-electron chi connectivity index (χ0n) is 7.48. The Bertz CT molecular complexity index is 325. The van der Waals surface area contributed by atoms with Gasteiger partial charge in [0.2, 0.25) is 5.75 Å². The van der Waals surface area contributed by atoms with Crippen molar-refractivity contribution in [3.63, 3.8) is 0 Å². The molecule has 13 heavy (non-hydrogen) atoms.